The van der Waals surface area contributed by atoms with Gasteiger partial charge < -0.3 is 55.0 Å². The molecule has 0 fully saturated rings. The molecule has 3 aromatic rings. The number of urea groups is 2. The molecule has 0 spiro atoms. The van der Waals surface area contributed by atoms with Gasteiger partial charge in [-0.1, -0.05) is 41.5 Å². The minimum Gasteiger partial charge on any atom is -0.460 e. The van der Waals surface area contributed by atoms with Gasteiger partial charge in [0, 0.05) is 59.5 Å². The highest BCUT2D eigenvalue weighted by Gasteiger charge is 2.34. The molecule has 0 saturated heterocycles. The van der Waals surface area contributed by atoms with Crippen LogP contribution in [0.5, 0.6) is 0 Å². The Labute approximate surface area is 509 Å². The number of azide groups is 1. The van der Waals surface area contributed by atoms with Gasteiger partial charge in [0.1, 0.15) is 57.8 Å². The third-order valence-electron chi connectivity index (χ3n) is 11.2. The van der Waals surface area contributed by atoms with Crippen LogP contribution in [0.4, 0.5) is 21.0 Å². The SMILES string of the molecule is CC(C)(C)OC(=O)CC[C@H](NC(=O)N[C@@H](Cc1ccc(CC(=O)c2cc(N=[N+]=[N-])cc(C(=O)Nc3ccc(C[C@H](NC(=O)N[C@@H](CCC(=O)OC(C)(C)C)C(=O)OC(C)(C)C)C(=O)OC(C)(C)C)cc3)c2)cc1)C(=O)OC(C)(C)C)C(=O)OC(C)(C)C. The molecule has 4 atom stereocenters. The first-order chi connectivity index (χ1) is 39.8. The molecule has 87 heavy (non-hydrogen) atoms. The standard InChI is InChI=1S/C63H88N8O16/c1-58(2,3)82-49(73)29-27-44(52(76)84-60(7,8)9)66-56(80)68-46(54(78)86-62(13,14)15)31-37-19-21-39(22-20-37)33-48(72)40-34-41(36-43(35-40)70-71-64)51(75)65-42-25-23-38(24-26-42)32-47(55(79)87-63(16,17)18)69-57(81)67-45(53(77)85-61(10,11)12)28-30-50(74)83-59(4,5)6/h19-26,34-36,44-47H,27-33H2,1-18H3,(H,65,75)(H2,66,68,80)(H2,67,69,81)/t44-,45-,46-,47-/m0/s1. The Hall–Kier alpha value is -8.53. The Bertz CT molecular complexity index is 2810. The van der Waals surface area contributed by atoms with Crippen LogP contribution in [0, 0.1) is 0 Å². The molecule has 0 radical (unpaired) electrons. The van der Waals surface area contributed by atoms with Crippen molar-refractivity contribution in [2.75, 3.05) is 5.32 Å². The van der Waals surface area contributed by atoms with Crippen molar-refractivity contribution >= 4 is 70.9 Å². The summed E-state index contributed by atoms with van der Waals surface area (Å²) in [5.41, 5.74) is 5.91. The van der Waals surface area contributed by atoms with Gasteiger partial charge in [-0.15, -0.1) is 0 Å². The predicted molar refractivity (Wildman–Crippen MR) is 324 cm³/mol. The smallest absolute Gasteiger partial charge is 0.329 e. The van der Waals surface area contributed by atoms with E-state index >= 15 is 0 Å². The molecule has 476 valence electrons. The molecular weight excluding hydrogens is 1120 g/mol. The van der Waals surface area contributed by atoms with Crippen molar-refractivity contribution in [3.8, 4) is 0 Å². The highest BCUT2D eigenvalue weighted by Crippen LogP contribution is 2.24. The van der Waals surface area contributed by atoms with Gasteiger partial charge in [-0.2, -0.15) is 0 Å². The van der Waals surface area contributed by atoms with Gasteiger partial charge in [0.05, 0.1) is 0 Å². The summed E-state index contributed by atoms with van der Waals surface area (Å²) < 4.78 is 33.0. The zero-order chi connectivity index (χ0) is 66.0. The number of carbonyl (C=O) groups excluding carboxylic acids is 10. The number of benzene rings is 3. The quantitative estimate of drug-likeness (QED) is 0.0139. The normalized spacial score (nSPS) is 13.3. The Morgan fingerprint density at radius 2 is 0.759 bits per heavy atom. The lowest BCUT2D eigenvalue weighted by atomic mass is 9.98. The largest absolute Gasteiger partial charge is 0.460 e. The second-order valence-corrected chi connectivity index (χ2v) is 26.8. The molecule has 3 rings (SSSR count). The number of ketones is 1. The average Bonchev–Trinajstić information content (AvgIpc) is 1.95. The molecule has 5 amide bonds. The van der Waals surface area contributed by atoms with E-state index < -0.39 is 117 Å². The number of rotatable bonds is 24. The lowest BCUT2D eigenvalue weighted by Gasteiger charge is -2.27. The molecule has 0 bridgehead atoms. The molecule has 0 aliphatic heterocycles. The van der Waals surface area contributed by atoms with E-state index in [1.165, 1.54) is 18.2 Å². The highest BCUT2D eigenvalue weighted by molar-refractivity contribution is 6.07. The van der Waals surface area contributed by atoms with Gasteiger partial charge in [-0.05, 0) is 190 Å². The monoisotopic (exact) mass is 1210 g/mol. The number of ether oxygens (including phenoxy) is 6. The number of amides is 5. The maximum atomic E-state index is 13.9. The molecule has 24 nitrogen and oxygen atoms in total. The molecular formula is C63H88N8O16. The van der Waals surface area contributed by atoms with Crippen LogP contribution in [0.2, 0.25) is 0 Å². The fourth-order valence-corrected chi connectivity index (χ4v) is 7.89. The van der Waals surface area contributed by atoms with Crippen molar-refractivity contribution in [1.29, 1.82) is 0 Å². The van der Waals surface area contributed by atoms with Crippen LogP contribution < -0.4 is 26.6 Å². The Kier molecular flexibility index (Phi) is 25.7. The first-order valence-corrected chi connectivity index (χ1v) is 28.6. The molecule has 0 aliphatic carbocycles. The van der Waals surface area contributed by atoms with Gasteiger partial charge >= 0.3 is 47.9 Å². The van der Waals surface area contributed by atoms with E-state index in [1.807, 2.05) is 0 Å². The van der Waals surface area contributed by atoms with E-state index in [0.29, 0.717) is 22.4 Å². The van der Waals surface area contributed by atoms with E-state index in [-0.39, 0.29) is 61.8 Å². The molecule has 0 saturated carbocycles. The third-order valence-corrected chi connectivity index (χ3v) is 11.2. The molecule has 24 heteroatoms. The van der Waals surface area contributed by atoms with Crippen molar-refractivity contribution in [3.63, 3.8) is 0 Å². The summed E-state index contributed by atoms with van der Waals surface area (Å²) in [6.07, 6.45) is -1.13. The van der Waals surface area contributed by atoms with E-state index in [4.69, 9.17) is 28.4 Å². The number of hydrogen-bond donors (Lipinski definition) is 5. The van der Waals surface area contributed by atoms with Gasteiger partial charge in [0.25, 0.3) is 5.91 Å². The summed E-state index contributed by atoms with van der Waals surface area (Å²) in [4.78, 5) is 136. The maximum absolute atomic E-state index is 13.9. The first kappa shape index (κ1) is 72.7. The van der Waals surface area contributed by atoms with Crippen molar-refractivity contribution in [2.45, 2.75) is 227 Å². The van der Waals surface area contributed by atoms with Crippen LogP contribution in [0.15, 0.2) is 71.8 Å². The molecule has 0 unspecified atom stereocenters. The summed E-state index contributed by atoms with van der Waals surface area (Å²) >= 11 is 0. The zero-order valence-corrected chi connectivity index (χ0v) is 53.5. The summed E-state index contributed by atoms with van der Waals surface area (Å²) in [7, 11) is 0. The summed E-state index contributed by atoms with van der Waals surface area (Å²) in [5.74, 6) is -5.48. The van der Waals surface area contributed by atoms with E-state index in [0.717, 1.165) is 0 Å². The second-order valence-electron chi connectivity index (χ2n) is 26.8. The Morgan fingerprint density at radius 1 is 0.437 bits per heavy atom. The van der Waals surface area contributed by atoms with Crippen LogP contribution in [-0.2, 0) is 76.5 Å². The summed E-state index contributed by atoms with van der Waals surface area (Å²) in [6, 6.07) is 9.88. The fraction of sp³-hybridized carbons (Fsp3) is 0.556. The van der Waals surface area contributed by atoms with Crippen molar-refractivity contribution in [2.24, 2.45) is 5.11 Å². The van der Waals surface area contributed by atoms with E-state index in [9.17, 15) is 53.5 Å². The topological polar surface area (TPSA) is 335 Å². The summed E-state index contributed by atoms with van der Waals surface area (Å²) in [6.45, 7) is 30.0. The number of esters is 6. The van der Waals surface area contributed by atoms with E-state index in [1.54, 1.807) is 173 Å². The number of carbonyl (C=O) groups is 10. The minimum atomic E-state index is -1.30. The van der Waals surface area contributed by atoms with Gasteiger partial charge in [-0.25, -0.2) is 28.8 Å². The maximum Gasteiger partial charge on any atom is 0.329 e. The third kappa shape index (κ3) is 29.4. The Morgan fingerprint density at radius 3 is 1.11 bits per heavy atom. The van der Waals surface area contributed by atoms with Crippen molar-refractivity contribution in [3.05, 3.63) is 105 Å². The molecule has 0 aliphatic rings. The lowest BCUT2D eigenvalue weighted by Crippen LogP contribution is -2.53. The number of nitrogens with zero attached hydrogens (tertiary/aromatic N) is 3. The first-order valence-electron chi connectivity index (χ1n) is 28.6. The van der Waals surface area contributed by atoms with Crippen molar-refractivity contribution in [1.82, 2.24) is 21.3 Å². The molecule has 3 aromatic carbocycles. The molecule has 0 heterocycles. The fourth-order valence-electron chi connectivity index (χ4n) is 7.89. The zero-order valence-electron chi connectivity index (χ0n) is 53.5. The number of nitrogens with one attached hydrogen (secondary N) is 5. The molecule has 0 aromatic heterocycles. The van der Waals surface area contributed by atoms with Crippen molar-refractivity contribution < 1.29 is 76.4 Å². The van der Waals surface area contributed by atoms with Crippen LogP contribution in [0.25, 0.3) is 10.4 Å². The van der Waals surface area contributed by atoms with E-state index in [2.05, 4.69) is 36.6 Å². The lowest BCUT2D eigenvalue weighted by molar-refractivity contribution is -0.160. The highest BCUT2D eigenvalue weighted by atomic mass is 16.6. The summed E-state index contributed by atoms with van der Waals surface area (Å²) in [5, 5.41) is 16.7. The second kappa shape index (κ2) is 30.7. The molecule has 5 N–H and O–H groups in total. The van der Waals surface area contributed by atoms with Crippen LogP contribution in [0.1, 0.15) is 188 Å². The number of hydrogen-bond acceptors (Lipinski definition) is 17. The van der Waals surface area contributed by atoms with Gasteiger partial charge in [0.15, 0.2) is 5.78 Å². The van der Waals surface area contributed by atoms with Crippen LogP contribution in [-0.4, -0.2) is 117 Å². The van der Waals surface area contributed by atoms with Gasteiger partial charge in [0.2, 0.25) is 0 Å². The Balaban J connectivity index is 1.81. The number of anilines is 1. The van der Waals surface area contributed by atoms with Crippen LogP contribution in [0.3, 0.4) is 0 Å². The van der Waals surface area contributed by atoms with Crippen LogP contribution >= 0.6 is 0 Å². The predicted octanol–water partition coefficient (Wildman–Crippen LogP) is 10.1. The average molecular weight is 1210 g/mol. The van der Waals surface area contributed by atoms with Gasteiger partial charge in [-0.3, -0.25) is 19.2 Å². The number of Topliss-reactive ketones (excluding diaryl/α,β-unsaturated/α-hetero) is 1. The minimum absolute atomic E-state index is 0.0189.